The number of hydrogen-bond donors (Lipinski definition) is 0. The summed E-state index contributed by atoms with van der Waals surface area (Å²) in [6.07, 6.45) is 11.6. The van der Waals surface area contributed by atoms with Crippen LogP contribution < -0.4 is 0 Å². The van der Waals surface area contributed by atoms with E-state index in [4.69, 9.17) is 4.74 Å². The zero-order valence-electron chi connectivity index (χ0n) is 15.6. The number of hydrogen-bond acceptors (Lipinski definition) is 2. The van der Waals surface area contributed by atoms with Crippen molar-refractivity contribution in [3.63, 3.8) is 0 Å². The number of allylic oxidation sites excluding steroid dienone is 2. The minimum Gasteiger partial charge on any atom is -0.444 e. The maximum atomic E-state index is 12.1. The van der Waals surface area contributed by atoms with E-state index in [0.29, 0.717) is 12.0 Å². The van der Waals surface area contributed by atoms with Gasteiger partial charge in [0.1, 0.15) is 5.60 Å². The fourth-order valence-corrected chi connectivity index (χ4v) is 3.10. The van der Waals surface area contributed by atoms with Gasteiger partial charge in [-0.2, -0.15) is 0 Å². The summed E-state index contributed by atoms with van der Waals surface area (Å²) in [5, 5.41) is 0. The van der Waals surface area contributed by atoms with E-state index in [-0.39, 0.29) is 6.09 Å². The van der Waals surface area contributed by atoms with Gasteiger partial charge in [-0.25, -0.2) is 4.79 Å². The van der Waals surface area contributed by atoms with Gasteiger partial charge in [0, 0.05) is 13.1 Å². The second-order valence-corrected chi connectivity index (χ2v) is 8.77. The van der Waals surface area contributed by atoms with E-state index < -0.39 is 5.60 Å². The Morgan fingerprint density at radius 2 is 1.83 bits per heavy atom. The lowest BCUT2D eigenvalue weighted by atomic mass is 9.77. The molecule has 3 heteroatoms. The van der Waals surface area contributed by atoms with Crippen molar-refractivity contribution in [1.82, 2.24) is 4.90 Å². The van der Waals surface area contributed by atoms with Gasteiger partial charge in [-0.3, -0.25) is 0 Å². The van der Waals surface area contributed by atoms with Crippen LogP contribution in [0, 0.1) is 5.41 Å². The third-order valence-corrected chi connectivity index (χ3v) is 4.79. The Morgan fingerprint density at radius 1 is 1.17 bits per heavy atom. The number of ether oxygens (including phenoxy) is 1. The first-order valence-corrected chi connectivity index (χ1v) is 8.98. The molecular formula is C20H33NO2. The van der Waals surface area contributed by atoms with E-state index in [1.807, 2.05) is 20.8 Å². The Morgan fingerprint density at radius 3 is 2.30 bits per heavy atom. The maximum Gasteiger partial charge on any atom is 0.410 e. The van der Waals surface area contributed by atoms with Gasteiger partial charge in [0.2, 0.25) is 0 Å². The van der Waals surface area contributed by atoms with Crippen molar-refractivity contribution < 1.29 is 9.53 Å². The molecule has 0 N–H and O–H groups in total. The average Bonchev–Trinajstić information content (AvgIpc) is 2.45. The molecule has 2 rings (SSSR count). The molecule has 0 bridgehead atoms. The third-order valence-electron chi connectivity index (χ3n) is 4.79. The average molecular weight is 319 g/mol. The van der Waals surface area contributed by atoms with Gasteiger partial charge >= 0.3 is 6.09 Å². The van der Waals surface area contributed by atoms with Crippen LogP contribution in [0.4, 0.5) is 4.79 Å². The van der Waals surface area contributed by atoms with Crippen molar-refractivity contribution in [3.8, 4) is 0 Å². The Hall–Kier alpha value is -1.25. The molecule has 0 unspecified atom stereocenters. The lowest BCUT2D eigenvalue weighted by Crippen LogP contribution is -2.39. The number of nitrogens with zero attached hydrogens (tertiary/aromatic N) is 1. The van der Waals surface area contributed by atoms with E-state index >= 15 is 0 Å². The Kier molecular flexibility index (Phi) is 5.59. The summed E-state index contributed by atoms with van der Waals surface area (Å²) in [5.41, 5.74) is 3.19. The summed E-state index contributed by atoms with van der Waals surface area (Å²) in [7, 11) is 0. The molecule has 0 aromatic heterocycles. The van der Waals surface area contributed by atoms with Crippen LogP contribution in [0.2, 0.25) is 0 Å². The smallest absolute Gasteiger partial charge is 0.410 e. The lowest BCUT2D eigenvalue weighted by molar-refractivity contribution is 0.0265. The summed E-state index contributed by atoms with van der Waals surface area (Å²) < 4.78 is 5.44. The van der Waals surface area contributed by atoms with Crippen LogP contribution in [0.5, 0.6) is 0 Å². The first-order chi connectivity index (χ1) is 10.6. The van der Waals surface area contributed by atoms with Gasteiger partial charge in [0.15, 0.2) is 0 Å². The monoisotopic (exact) mass is 319 g/mol. The molecule has 0 saturated carbocycles. The largest absolute Gasteiger partial charge is 0.444 e. The van der Waals surface area contributed by atoms with E-state index in [1.54, 1.807) is 10.5 Å². The summed E-state index contributed by atoms with van der Waals surface area (Å²) in [4.78, 5) is 13.9. The SMILES string of the molecule is CC1(C)CC=C(CCC2=CCN(C(=O)OC(C)(C)C)CC2)CC1. The molecule has 3 nitrogen and oxygen atoms in total. The summed E-state index contributed by atoms with van der Waals surface area (Å²) in [6, 6.07) is 0. The number of rotatable bonds is 3. The fraction of sp³-hybridized carbons (Fsp3) is 0.750. The van der Waals surface area contributed by atoms with Crippen LogP contribution >= 0.6 is 0 Å². The number of amides is 1. The van der Waals surface area contributed by atoms with Gasteiger partial charge in [-0.1, -0.05) is 37.1 Å². The van der Waals surface area contributed by atoms with E-state index in [1.165, 1.54) is 31.3 Å². The normalized spacial score (nSPS) is 21.5. The molecule has 0 atom stereocenters. The summed E-state index contributed by atoms with van der Waals surface area (Å²) >= 11 is 0. The number of carbonyl (C=O) groups excluding carboxylic acids is 1. The molecule has 130 valence electrons. The highest BCUT2D eigenvalue weighted by molar-refractivity contribution is 5.68. The molecule has 0 spiro atoms. The third kappa shape index (κ3) is 6.04. The van der Waals surface area contributed by atoms with Crippen LogP contribution in [-0.4, -0.2) is 29.7 Å². The van der Waals surface area contributed by atoms with Gasteiger partial charge in [0.05, 0.1) is 0 Å². The topological polar surface area (TPSA) is 29.5 Å². The Balaban J connectivity index is 1.77. The van der Waals surface area contributed by atoms with Gasteiger partial charge in [0.25, 0.3) is 0 Å². The molecule has 0 radical (unpaired) electrons. The molecular weight excluding hydrogens is 286 g/mol. The van der Waals surface area contributed by atoms with Gasteiger partial charge in [-0.15, -0.1) is 0 Å². The molecule has 23 heavy (non-hydrogen) atoms. The molecule has 2 aliphatic rings. The van der Waals surface area contributed by atoms with Crippen molar-refractivity contribution >= 4 is 6.09 Å². The van der Waals surface area contributed by atoms with Crippen LogP contribution in [0.3, 0.4) is 0 Å². The zero-order chi connectivity index (χ0) is 17.1. The Labute approximate surface area is 141 Å². The highest BCUT2D eigenvalue weighted by Gasteiger charge is 2.24. The van der Waals surface area contributed by atoms with E-state index in [2.05, 4.69) is 26.0 Å². The first kappa shape index (κ1) is 18.1. The molecule has 0 fully saturated rings. The van der Waals surface area contributed by atoms with Gasteiger partial charge < -0.3 is 9.64 Å². The van der Waals surface area contributed by atoms with Crippen molar-refractivity contribution in [3.05, 3.63) is 23.3 Å². The molecule has 1 heterocycles. The van der Waals surface area contributed by atoms with Crippen LogP contribution in [0.1, 0.15) is 73.1 Å². The first-order valence-electron chi connectivity index (χ1n) is 8.98. The van der Waals surface area contributed by atoms with Crippen LogP contribution in [0.15, 0.2) is 23.3 Å². The Bertz CT molecular complexity index is 494. The standard InChI is InChI=1S/C20H33NO2/c1-19(2,3)23-18(22)21-14-10-17(11-15-21)7-6-16-8-12-20(4,5)13-9-16/h8,10H,6-7,9,11-15H2,1-5H3. The van der Waals surface area contributed by atoms with Crippen molar-refractivity contribution in [2.75, 3.05) is 13.1 Å². The maximum absolute atomic E-state index is 12.1. The highest BCUT2D eigenvalue weighted by Crippen LogP contribution is 2.36. The lowest BCUT2D eigenvalue weighted by Gasteiger charge is -2.30. The fourth-order valence-electron chi connectivity index (χ4n) is 3.10. The van der Waals surface area contributed by atoms with Crippen molar-refractivity contribution in [2.45, 2.75) is 78.7 Å². The van der Waals surface area contributed by atoms with E-state index in [9.17, 15) is 4.79 Å². The summed E-state index contributed by atoms with van der Waals surface area (Å²) in [5.74, 6) is 0. The predicted octanol–water partition coefficient (Wildman–Crippen LogP) is 5.47. The van der Waals surface area contributed by atoms with Gasteiger partial charge in [-0.05, 0) is 64.7 Å². The van der Waals surface area contributed by atoms with Crippen molar-refractivity contribution in [1.29, 1.82) is 0 Å². The second-order valence-electron chi connectivity index (χ2n) is 8.77. The molecule has 1 aliphatic heterocycles. The highest BCUT2D eigenvalue weighted by atomic mass is 16.6. The quantitative estimate of drug-likeness (QED) is 0.645. The molecule has 1 amide bonds. The molecule has 1 aliphatic carbocycles. The minimum absolute atomic E-state index is 0.190. The van der Waals surface area contributed by atoms with Crippen molar-refractivity contribution in [2.24, 2.45) is 5.41 Å². The zero-order valence-corrected chi connectivity index (χ0v) is 15.6. The number of carbonyl (C=O) groups is 1. The molecule has 0 saturated heterocycles. The van der Waals surface area contributed by atoms with Crippen LogP contribution in [-0.2, 0) is 4.74 Å². The van der Waals surface area contributed by atoms with E-state index in [0.717, 1.165) is 19.4 Å². The molecule has 0 aromatic carbocycles. The second kappa shape index (κ2) is 7.11. The molecule has 0 aromatic rings. The minimum atomic E-state index is -0.414. The summed E-state index contributed by atoms with van der Waals surface area (Å²) in [6.45, 7) is 11.9. The predicted molar refractivity (Wildman–Crippen MR) is 95.5 cm³/mol. The van der Waals surface area contributed by atoms with Crippen LogP contribution in [0.25, 0.3) is 0 Å².